The lowest BCUT2D eigenvalue weighted by molar-refractivity contribution is 0.163. The normalized spacial score (nSPS) is 14.6. The Hall–Kier alpha value is -0.370. The van der Waals surface area contributed by atoms with Crippen molar-refractivity contribution in [3.05, 3.63) is 0 Å². The molecule has 0 rings (SSSR count). The summed E-state index contributed by atoms with van der Waals surface area (Å²) < 4.78 is 0. The topological polar surface area (TPSA) is 32.6 Å². The molecule has 0 saturated carbocycles. The van der Waals surface area contributed by atoms with Gasteiger partial charge < -0.3 is 5.11 Å². The van der Waals surface area contributed by atoms with Gasteiger partial charge in [-0.1, -0.05) is 20.8 Å². The second-order valence-corrected chi connectivity index (χ2v) is 3.15. The summed E-state index contributed by atoms with van der Waals surface area (Å²) in [5, 5.41) is 9.15. The second kappa shape index (κ2) is 6.35. The van der Waals surface area contributed by atoms with E-state index in [0.29, 0.717) is 5.92 Å². The lowest BCUT2D eigenvalue weighted by Crippen LogP contribution is -2.05. The number of rotatable bonds is 5. The van der Waals surface area contributed by atoms with Crippen LogP contribution in [0.15, 0.2) is 4.99 Å². The molecule has 66 valence electrons. The van der Waals surface area contributed by atoms with Crippen molar-refractivity contribution in [2.24, 2.45) is 10.9 Å². The Bertz CT molecular complexity index is 110. The summed E-state index contributed by atoms with van der Waals surface area (Å²) in [6.07, 6.45) is 3.39. The molecule has 11 heavy (non-hydrogen) atoms. The van der Waals surface area contributed by atoms with E-state index < -0.39 is 0 Å². The summed E-state index contributed by atoms with van der Waals surface area (Å²) in [6.45, 7) is 6.93. The number of aliphatic hydroxyl groups excluding tert-OH is 1. The van der Waals surface area contributed by atoms with Crippen molar-refractivity contribution in [3.63, 3.8) is 0 Å². The highest BCUT2D eigenvalue weighted by atomic mass is 16.3. The van der Waals surface area contributed by atoms with Gasteiger partial charge in [-0.25, -0.2) is 0 Å². The largest absolute Gasteiger partial charge is 0.393 e. The Kier molecular flexibility index (Phi) is 6.13. The van der Waals surface area contributed by atoms with E-state index in [2.05, 4.69) is 18.8 Å². The molecule has 0 heterocycles. The Morgan fingerprint density at radius 3 is 2.55 bits per heavy atom. The van der Waals surface area contributed by atoms with Gasteiger partial charge in [-0.05, 0) is 18.8 Å². The Balaban J connectivity index is 3.26. The van der Waals surface area contributed by atoms with Gasteiger partial charge in [-0.15, -0.1) is 0 Å². The molecule has 0 radical (unpaired) electrons. The van der Waals surface area contributed by atoms with Gasteiger partial charge in [0.2, 0.25) is 0 Å². The third-order valence-corrected chi connectivity index (χ3v) is 1.47. The van der Waals surface area contributed by atoms with Gasteiger partial charge in [0.1, 0.15) is 0 Å². The first-order valence-corrected chi connectivity index (χ1v) is 4.34. The van der Waals surface area contributed by atoms with Crippen molar-refractivity contribution in [2.45, 2.75) is 39.7 Å². The van der Waals surface area contributed by atoms with Crippen LogP contribution in [-0.2, 0) is 0 Å². The first-order chi connectivity index (χ1) is 5.16. The van der Waals surface area contributed by atoms with Crippen LogP contribution in [0.1, 0.15) is 33.6 Å². The molecule has 0 aliphatic carbocycles. The summed E-state index contributed by atoms with van der Waals surface area (Å²) >= 11 is 0. The van der Waals surface area contributed by atoms with Crippen LogP contribution in [0.2, 0.25) is 0 Å². The lowest BCUT2D eigenvalue weighted by Gasteiger charge is -2.03. The maximum absolute atomic E-state index is 9.15. The van der Waals surface area contributed by atoms with Crippen molar-refractivity contribution in [1.82, 2.24) is 0 Å². The van der Waals surface area contributed by atoms with E-state index >= 15 is 0 Å². The molecule has 2 heteroatoms. The fraction of sp³-hybridized carbons (Fsp3) is 0.889. The molecule has 0 aliphatic heterocycles. The van der Waals surface area contributed by atoms with Gasteiger partial charge >= 0.3 is 0 Å². The Morgan fingerprint density at radius 2 is 2.09 bits per heavy atom. The van der Waals surface area contributed by atoms with E-state index in [-0.39, 0.29) is 6.10 Å². The minimum Gasteiger partial charge on any atom is -0.393 e. The van der Waals surface area contributed by atoms with Crippen LogP contribution in [0.5, 0.6) is 0 Å². The van der Waals surface area contributed by atoms with E-state index in [1.165, 1.54) is 0 Å². The highest BCUT2D eigenvalue weighted by Gasteiger charge is 1.97. The Labute approximate surface area is 69.3 Å². The van der Waals surface area contributed by atoms with Crippen molar-refractivity contribution in [3.8, 4) is 0 Å². The summed E-state index contributed by atoms with van der Waals surface area (Å²) in [5.41, 5.74) is 0. The fourth-order valence-electron chi connectivity index (χ4n) is 0.713. The first-order valence-electron chi connectivity index (χ1n) is 4.34. The quantitative estimate of drug-likeness (QED) is 0.607. The molecule has 0 saturated heterocycles. The van der Waals surface area contributed by atoms with Gasteiger partial charge in [0.25, 0.3) is 0 Å². The zero-order chi connectivity index (χ0) is 8.69. The standard InChI is InChI=1S/C9H19NO/c1-4-9(11)5-6-10-7-8(2)3/h7-9,11H,4-6H2,1-3H3. The van der Waals surface area contributed by atoms with Gasteiger partial charge in [0.15, 0.2) is 0 Å². The average Bonchev–Trinajstić information content (AvgIpc) is 1.97. The first kappa shape index (κ1) is 10.6. The minimum absolute atomic E-state index is 0.167. The monoisotopic (exact) mass is 157 g/mol. The molecule has 0 aromatic rings. The SMILES string of the molecule is CCC(O)CCN=CC(C)C. The zero-order valence-electron chi connectivity index (χ0n) is 7.75. The number of hydrogen-bond donors (Lipinski definition) is 1. The summed E-state index contributed by atoms with van der Waals surface area (Å²) in [4.78, 5) is 4.17. The second-order valence-electron chi connectivity index (χ2n) is 3.15. The molecular formula is C9H19NO. The molecule has 0 aromatic heterocycles. The molecule has 0 amide bonds. The number of aliphatic hydroxyl groups is 1. The minimum atomic E-state index is -0.167. The average molecular weight is 157 g/mol. The van der Waals surface area contributed by atoms with Crippen molar-refractivity contribution < 1.29 is 5.11 Å². The van der Waals surface area contributed by atoms with E-state index in [9.17, 15) is 0 Å². The van der Waals surface area contributed by atoms with Crippen LogP contribution >= 0.6 is 0 Å². The van der Waals surface area contributed by atoms with E-state index in [4.69, 9.17) is 5.11 Å². The molecular weight excluding hydrogens is 138 g/mol. The van der Waals surface area contributed by atoms with Crippen LogP contribution in [0.25, 0.3) is 0 Å². The number of aliphatic imine (C=N–C) groups is 1. The highest BCUT2D eigenvalue weighted by molar-refractivity contribution is 5.59. The lowest BCUT2D eigenvalue weighted by atomic mass is 10.2. The van der Waals surface area contributed by atoms with Crippen molar-refractivity contribution in [2.75, 3.05) is 6.54 Å². The number of nitrogens with zero attached hydrogens (tertiary/aromatic N) is 1. The maximum Gasteiger partial charge on any atom is 0.0555 e. The van der Waals surface area contributed by atoms with Crippen LogP contribution in [-0.4, -0.2) is 24.0 Å². The zero-order valence-corrected chi connectivity index (χ0v) is 7.75. The third-order valence-electron chi connectivity index (χ3n) is 1.47. The number of hydrogen-bond acceptors (Lipinski definition) is 2. The fourth-order valence-corrected chi connectivity index (χ4v) is 0.713. The maximum atomic E-state index is 9.15. The summed E-state index contributed by atoms with van der Waals surface area (Å²) in [7, 11) is 0. The predicted molar refractivity (Wildman–Crippen MR) is 49.1 cm³/mol. The molecule has 0 bridgehead atoms. The molecule has 0 fully saturated rings. The smallest absolute Gasteiger partial charge is 0.0555 e. The van der Waals surface area contributed by atoms with E-state index in [1.54, 1.807) is 0 Å². The molecule has 0 aliphatic rings. The van der Waals surface area contributed by atoms with Gasteiger partial charge in [-0.3, -0.25) is 4.99 Å². The predicted octanol–water partition coefficient (Wildman–Crippen LogP) is 1.87. The van der Waals surface area contributed by atoms with Gasteiger partial charge in [0.05, 0.1) is 6.10 Å². The summed E-state index contributed by atoms with van der Waals surface area (Å²) in [5.74, 6) is 0.522. The highest BCUT2D eigenvalue weighted by Crippen LogP contribution is 1.96. The molecule has 1 atom stereocenters. The molecule has 0 spiro atoms. The van der Waals surface area contributed by atoms with Crippen LogP contribution in [0, 0.1) is 5.92 Å². The third kappa shape index (κ3) is 7.53. The van der Waals surface area contributed by atoms with Gasteiger partial charge in [-0.2, -0.15) is 0 Å². The van der Waals surface area contributed by atoms with E-state index in [1.807, 2.05) is 13.1 Å². The van der Waals surface area contributed by atoms with E-state index in [0.717, 1.165) is 19.4 Å². The van der Waals surface area contributed by atoms with Crippen LogP contribution in [0.3, 0.4) is 0 Å². The molecule has 1 unspecified atom stereocenters. The molecule has 0 aromatic carbocycles. The van der Waals surface area contributed by atoms with Crippen molar-refractivity contribution >= 4 is 6.21 Å². The van der Waals surface area contributed by atoms with Gasteiger partial charge in [0, 0.05) is 12.8 Å². The van der Waals surface area contributed by atoms with Crippen LogP contribution < -0.4 is 0 Å². The van der Waals surface area contributed by atoms with Crippen molar-refractivity contribution in [1.29, 1.82) is 0 Å². The molecule has 1 N–H and O–H groups in total. The summed E-state index contributed by atoms with van der Waals surface area (Å²) in [6, 6.07) is 0. The molecule has 2 nitrogen and oxygen atoms in total. The Morgan fingerprint density at radius 1 is 1.45 bits per heavy atom. The van der Waals surface area contributed by atoms with Crippen LogP contribution in [0.4, 0.5) is 0 Å².